The van der Waals surface area contributed by atoms with Crippen LogP contribution in [0.25, 0.3) is 0 Å². The van der Waals surface area contributed by atoms with Gasteiger partial charge in [0.05, 0.1) is 12.3 Å². The Morgan fingerprint density at radius 1 is 1.26 bits per heavy atom. The molecule has 1 aromatic carbocycles. The van der Waals surface area contributed by atoms with Crippen molar-refractivity contribution in [1.29, 1.82) is 0 Å². The average Bonchev–Trinajstić information content (AvgIpc) is 3.29. The Bertz CT molecular complexity index is 626. The van der Waals surface area contributed by atoms with E-state index in [1.807, 2.05) is 35.7 Å². The minimum atomic E-state index is -0.895. The molecule has 2 aromatic rings. The summed E-state index contributed by atoms with van der Waals surface area (Å²) in [6.45, 7) is 0.308. The van der Waals surface area contributed by atoms with Crippen LogP contribution in [-0.4, -0.2) is 23.3 Å². The van der Waals surface area contributed by atoms with Crippen LogP contribution in [0, 0.1) is 5.92 Å². The zero-order valence-electron chi connectivity index (χ0n) is 12.9. The number of hydrogen-bond donors (Lipinski definition) is 2. The third-order valence-corrected chi connectivity index (χ3v) is 6.14. The Kier molecular flexibility index (Phi) is 5.41. The van der Waals surface area contributed by atoms with Crippen molar-refractivity contribution in [2.24, 2.45) is 5.92 Å². The molecule has 0 unspecified atom stereocenters. The van der Waals surface area contributed by atoms with E-state index in [-0.39, 0.29) is 11.8 Å². The molecule has 1 fully saturated rings. The lowest BCUT2D eigenvalue weighted by molar-refractivity contribution is -0.120. The molecule has 0 saturated heterocycles. The number of thioether (sulfide) groups is 1. The molecule has 2 N–H and O–H groups in total. The van der Waals surface area contributed by atoms with E-state index in [2.05, 4.69) is 17.4 Å². The fourth-order valence-electron chi connectivity index (χ4n) is 2.64. The van der Waals surface area contributed by atoms with Crippen molar-refractivity contribution in [3.8, 4) is 0 Å². The predicted octanol–water partition coefficient (Wildman–Crippen LogP) is 3.40. The van der Waals surface area contributed by atoms with Crippen molar-refractivity contribution in [2.45, 2.75) is 24.2 Å². The highest BCUT2D eigenvalue weighted by molar-refractivity contribution is 7.99. The highest BCUT2D eigenvalue weighted by Gasteiger charge is 2.45. The van der Waals surface area contributed by atoms with Gasteiger partial charge in [-0.25, -0.2) is 0 Å². The number of nitrogens with one attached hydrogen (secondary N) is 1. The molecule has 23 heavy (non-hydrogen) atoms. The summed E-state index contributed by atoms with van der Waals surface area (Å²) in [5.74, 6) is 1.51. The Hall–Kier alpha value is -1.30. The average molecular weight is 348 g/mol. The van der Waals surface area contributed by atoms with Crippen LogP contribution in [0.5, 0.6) is 0 Å². The molecule has 1 saturated carbocycles. The zero-order chi connectivity index (χ0) is 16.1. The summed E-state index contributed by atoms with van der Waals surface area (Å²) in [4.78, 5) is 13.0. The quantitative estimate of drug-likeness (QED) is 0.769. The molecule has 1 aliphatic carbocycles. The maximum absolute atomic E-state index is 12.1. The molecule has 0 spiro atoms. The van der Waals surface area contributed by atoms with Crippen LogP contribution in [0.4, 0.5) is 0 Å². The molecule has 1 amide bonds. The summed E-state index contributed by atoms with van der Waals surface area (Å²) < 4.78 is 0. The van der Waals surface area contributed by atoms with E-state index in [0.29, 0.717) is 12.3 Å². The standard InChI is InChI=1S/C18H21NO2S2/c20-17(12-22-11-14-5-2-1-3-6-14)19-13-18(21,15-8-9-15)16-7-4-10-23-16/h1-7,10,15,21H,8-9,11-13H2,(H,19,20)/t18-/m0/s1. The molecule has 0 radical (unpaired) electrons. The van der Waals surface area contributed by atoms with Crippen LogP contribution < -0.4 is 5.32 Å². The molecule has 1 aliphatic rings. The zero-order valence-corrected chi connectivity index (χ0v) is 14.5. The molecule has 1 heterocycles. The SMILES string of the molecule is O=C(CSCc1ccccc1)NC[C@@](O)(c1cccs1)C1CC1. The van der Waals surface area contributed by atoms with E-state index in [4.69, 9.17) is 0 Å². The lowest BCUT2D eigenvalue weighted by Gasteiger charge is -2.27. The van der Waals surface area contributed by atoms with Gasteiger partial charge in [-0.05, 0) is 35.8 Å². The summed E-state index contributed by atoms with van der Waals surface area (Å²) >= 11 is 3.15. The van der Waals surface area contributed by atoms with Crippen LogP contribution in [0.2, 0.25) is 0 Å². The maximum Gasteiger partial charge on any atom is 0.230 e. The number of carbonyl (C=O) groups is 1. The molecule has 1 aromatic heterocycles. The first-order chi connectivity index (χ1) is 11.2. The molecular formula is C18H21NO2S2. The van der Waals surface area contributed by atoms with Crippen molar-refractivity contribution in [3.63, 3.8) is 0 Å². The number of amides is 1. The number of rotatable bonds is 8. The molecule has 0 bridgehead atoms. The summed E-state index contributed by atoms with van der Waals surface area (Å²) in [5, 5.41) is 15.8. The summed E-state index contributed by atoms with van der Waals surface area (Å²) in [5.41, 5.74) is 0.326. The smallest absolute Gasteiger partial charge is 0.230 e. The Labute approximate surface area is 145 Å². The summed E-state index contributed by atoms with van der Waals surface area (Å²) in [6.07, 6.45) is 2.07. The highest BCUT2D eigenvalue weighted by Crippen LogP contribution is 2.46. The van der Waals surface area contributed by atoms with Gasteiger partial charge in [0.25, 0.3) is 0 Å². The lowest BCUT2D eigenvalue weighted by atomic mass is 9.95. The first-order valence-electron chi connectivity index (χ1n) is 7.83. The van der Waals surface area contributed by atoms with Gasteiger partial charge >= 0.3 is 0 Å². The van der Waals surface area contributed by atoms with Crippen molar-refractivity contribution in [3.05, 3.63) is 58.3 Å². The second kappa shape index (κ2) is 7.51. The van der Waals surface area contributed by atoms with Gasteiger partial charge in [-0.15, -0.1) is 23.1 Å². The topological polar surface area (TPSA) is 49.3 Å². The number of hydrogen-bond acceptors (Lipinski definition) is 4. The minimum Gasteiger partial charge on any atom is -0.382 e. The molecule has 1 atom stereocenters. The lowest BCUT2D eigenvalue weighted by Crippen LogP contribution is -2.42. The van der Waals surface area contributed by atoms with Crippen LogP contribution in [0.15, 0.2) is 47.8 Å². The number of thiophene rings is 1. The second-order valence-electron chi connectivity index (χ2n) is 5.93. The Balaban J connectivity index is 1.46. The Morgan fingerprint density at radius 2 is 2.04 bits per heavy atom. The Morgan fingerprint density at radius 3 is 2.70 bits per heavy atom. The van der Waals surface area contributed by atoms with Crippen LogP contribution in [-0.2, 0) is 16.1 Å². The van der Waals surface area contributed by atoms with Gasteiger partial charge in [0.1, 0.15) is 5.60 Å². The monoisotopic (exact) mass is 347 g/mol. The van der Waals surface area contributed by atoms with Crippen LogP contribution in [0.1, 0.15) is 23.3 Å². The van der Waals surface area contributed by atoms with Gasteiger partial charge in [0.2, 0.25) is 5.91 Å². The molecule has 5 heteroatoms. The van der Waals surface area contributed by atoms with Crippen molar-refractivity contribution in [2.75, 3.05) is 12.3 Å². The number of aliphatic hydroxyl groups is 1. The summed E-state index contributed by atoms with van der Waals surface area (Å²) in [6, 6.07) is 14.0. The van der Waals surface area contributed by atoms with Crippen molar-refractivity contribution >= 4 is 29.0 Å². The second-order valence-corrected chi connectivity index (χ2v) is 7.86. The van der Waals surface area contributed by atoms with Gasteiger partial charge in [0, 0.05) is 10.6 Å². The summed E-state index contributed by atoms with van der Waals surface area (Å²) in [7, 11) is 0. The van der Waals surface area contributed by atoms with Gasteiger partial charge in [-0.2, -0.15) is 0 Å². The number of benzene rings is 1. The maximum atomic E-state index is 12.1. The first-order valence-corrected chi connectivity index (χ1v) is 9.86. The molecule has 0 aliphatic heterocycles. The molecule has 122 valence electrons. The fraction of sp³-hybridized carbons (Fsp3) is 0.389. The van der Waals surface area contributed by atoms with Crippen LogP contribution in [0.3, 0.4) is 0 Å². The van der Waals surface area contributed by atoms with Gasteiger partial charge in [-0.3, -0.25) is 4.79 Å². The van der Waals surface area contributed by atoms with E-state index >= 15 is 0 Å². The van der Waals surface area contributed by atoms with E-state index in [1.165, 1.54) is 5.56 Å². The van der Waals surface area contributed by atoms with E-state index in [0.717, 1.165) is 23.5 Å². The van der Waals surface area contributed by atoms with Crippen LogP contribution >= 0.6 is 23.1 Å². The fourth-order valence-corrected chi connectivity index (χ4v) is 4.36. The molecular weight excluding hydrogens is 326 g/mol. The minimum absolute atomic E-state index is 0.0124. The van der Waals surface area contributed by atoms with E-state index in [9.17, 15) is 9.90 Å². The van der Waals surface area contributed by atoms with E-state index < -0.39 is 5.60 Å². The van der Waals surface area contributed by atoms with Crippen molar-refractivity contribution < 1.29 is 9.90 Å². The third kappa shape index (κ3) is 4.37. The largest absolute Gasteiger partial charge is 0.382 e. The third-order valence-electron chi connectivity index (χ3n) is 4.10. The molecule has 3 nitrogen and oxygen atoms in total. The predicted molar refractivity (Wildman–Crippen MR) is 96.6 cm³/mol. The normalized spacial score (nSPS) is 16.7. The van der Waals surface area contributed by atoms with E-state index in [1.54, 1.807) is 23.1 Å². The highest BCUT2D eigenvalue weighted by atomic mass is 32.2. The van der Waals surface area contributed by atoms with Crippen molar-refractivity contribution in [1.82, 2.24) is 5.32 Å². The number of carbonyl (C=O) groups excluding carboxylic acids is 1. The van der Waals surface area contributed by atoms with Gasteiger partial charge < -0.3 is 10.4 Å². The van der Waals surface area contributed by atoms with Gasteiger partial charge in [0.15, 0.2) is 0 Å². The van der Waals surface area contributed by atoms with Gasteiger partial charge in [-0.1, -0.05) is 36.4 Å². The molecule has 3 rings (SSSR count). The first kappa shape index (κ1) is 16.6.